The molecule has 2 fully saturated rings. The number of aliphatic hydroxyl groups is 1. The minimum atomic E-state index is -0.596. The fraction of sp³-hybridized carbons (Fsp3) is 0.727. The molecule has 0 radical (unpaired) electrons. The lowest BCUT2D eigenvalue weighted by Gasteiger charge is -2.20. The van der Waals surface area contributed by atoms with Gasteiger partial charge in [0, 0.05) is 11.6 Å². The van der Waals surface area contributed by atoms with Gasteiger partial charge in [-0.3, -0.25) is 5.10 Å². The first-order chi connectivity index (χ1) is 7.28. The van der Waals surface area contributed by atoms with Crippen molar-refractivity contribution in [3.05, 3.63) is 17.5 Å². The molecule has 1 aromatic rings. The molecule has 2 aliphatic rings. The number of hydrogen-bond acceptors (Lipinski definition) is 3. The summed E-state index contributed by atoms with van der Waals surface area (Å²) in [6.45, 7) is 2.17. The van der Waals surface area contributed by atoms with Gasteiger partial charge in [-0.15, -0.1) is 0 Å². The van der Waals surface area contributed by atoms with Gasteiger partial charge in [-0.2, -0.15) is 5.10 Å². The Morgan fingerprint density at radius 1 is 1.33 bits per heavy atom. The van der Waals surface area contributed by atoms with Crippen molar-refractivity contribution < 1.29 is 5.11 Å². The Morgan fingerprint density at radius 3 is 2.73 bits per heavy atom. The number of nitrogens with zero attached hydrogens (tertiary/aromatic N) is 1. The van der Waals surface area contributed by atoms with Gasteiger partial charge < -0.3 is 10.4 Å². The van der Waals surface area contributed by atoms with Crippen LogP contribution in [0.4, 0.5) is 0 Å². The second-order valence-corrected chi connectivity index (χ2v) is 4.76. The lowest BCUT2D eigenvalue weighted by Crippen LogP contribution is -2.26. The van der Waals surface area contributed by atoms with Gasteiger partial charge in [0.05, 0.1) is 5.69 Å². The highest BCUT2D eigenvalue weighted by Crippen LogP contribution is 2.44. The topological polar surface area (TPSA) is 60.9 Å². The van der Waals surface area contributed by atoms with Crippen molar-refractivity contribution in [2.45, 2.75) is 37.2 Å². The first-order valence-corrected chi connectivity index (χ1v) is 5.77. The third-order valence-electron chi connectivity index (χ3n) is 3.58. The van der Waals surface area contributed by atoms with Gasteiger partial charge >= 0.3 is 0 Å². The smallest absolute Gasteiger partial charge is 0.109 e. The third kappa shape index (κ3) is 1.68. The maximum Gasteiger partial charge on any atom is 0.109 e. The van der Waals surface area contributed by atoms with E-state index in [4.69, 9.17) is 0 Å². The van der Waals surface area contributed by atoms with Crippen LogP contribution in [0.5, 0.6) is 0 Å². The van der Waals surface area contributed by atoms with Gasteiger partial charge in [-0.1, -0.05) is 0 Å². The molecule has 0 aromatic carbocycles. The molecule has 0 unspecified atom stereocenters. The first-order valence-electron chi connectivity index (χ1n) is 5.77. The zero-order valence-corrected chi connectivity index (χ0v) is 8.79. The van der Waals surface area contributed by atoms with E-state index in [9.17, 15) is 5.11 Å². The van der Waals surface area contributed by atoms with E-state index in [1.165, 1.54) is 18.5 Å². The lowest BCUT2D eigenvalue weighted by molar-refractivity contribution is 0.146. The Bertz CT molecular complexity index is 350. The molecule has 4 heteroatoms. The molecule has 1 aliphatic carbocycles. The number of rotatable bonds is 2. The third-order valence-corrected chi connectivity index (χ3v) is 3.58. The van der Waals surface area contributed by atoms with E-state index in [1.807, 2.05) is 0 Å². The SMILES string of the molecule is OC1(c2cc(C3CCNCC3)[nH]n2)CC1. The minimum absolute atomic E-state index is 0.592. The monoisotopic (exact) mass is 207 g/mol. The molecule has 3 rings (SSSR count). The fourth-order valence-electron chi connectivity index (χ4n) is 2.29. The predicted molar refractivity (Wildman–Crippen MR) is 56.6 cm³/mol. The number of aromatic nitrogens is 2. The van der Waals surface area contributed by atoms with Crippen molar-refractivity contribution in [1.29, 1.82) is 0 Å². The molecular formula is C11H17N3O. The zero-order valence-electron chi connectivity index (χ0n) is 8.79. The van der Waals surface area contributed by atoms with E-state index in [1.54, 1.807) is 0 Å². The normalized spacial score (nSPS) is 25.4. The van der Waals surface area contributed by atoms with Crippen LogP contribution in [0.1, 0.15) is 43.0 Å². The van der Waals surface area contributed by atoms with Crippen LogP contribution in [0.25, 0.3) is 0 Å². The Kier molecular flexibility index (Phi) is 2.07. The van der Waals surface area contributed by atoms with Crippen LogP contribution in [-0.2, 0) is 5.60 Å². The van der Waals surface area contributed by atoms with Crippen LogP contribution >= 0.6 is 0 Å². The molecule has 1 saturated carbocycles. The Morgan fingerprint density at radius 2 is 2.07 bits per heavy atom. The van der Waals surface area contributed by atoms with Crippen LogP contribution in [0.15, 0.2) is 6.07 Å². The van der Waals surface area contributed by atoms with Gasteiger partial charge in [-0.25, -0.2) is 0 Å². The van der Waals surface area contributed by atoms with E-state index in [2.05, 4.69) is 21.6 Å². The summed E-state index contributed by atoms with van der Waals surface area (Å²) in [5, 5.41) is 20.6. The van der Waals surface area contributed by atoms with Crippen molar-refractivity contribution in [1.82, 2.24) is 15.5 Å². The highest BCUT2D eigenvalue weighted by molar-refractivity contribution is 5.23. The molecule has 4 nitrogen and oxygen atoms in total. The minimum Gasteiger partial charge on any atom is -0.383 e. The number of piperidine rings is 1. The average molecular weight is 207 g/mol. The van der Waals surface area contributed by atoms with E-state index in [0.717, 1.165) is 31.6 Å². The lowest BCUT2D eigenvalue weighted by atomic mass is 9.94. The maximum absolute atomic E-state index is 9.92. The highest BCUT2D eigenvalue weighted by Gasteiger charge is 2.44. The molecule has 1 aromatic heterocycles. The second-order valence-electron chi connectivity index (χ2n) is 4.76. The predicted octanol–water partition coefficient (Wildman–Crippen LogP) is 0.858. The van der Waals surface area contributed by atoms with Crippen LogP contribution in [0.2, 0.25) is 0 Å². The number of H-pyrrole nitrogens is 1. The standard InChI is InChI=1S/C11H17N3O/c15-11(3-4-11)10-7-9(13-14-10)8-1-5-12-6-2-8/h7-8,12,15H,1-6H2,(H,13,14). The molecule has 82 valence electrons. The van der Waals surface area contributed by atoms with Crippen LogP contribution in [0, 0.1) is 0 Å². The second kappa shape index (κ2) is 3.32. The molecule has 15 heavy (non-hydrogen) atoms. The van der Waals surface area contributed by atoms with Crippen LogP contribution < -0.4 is 5.32 Å². The molecule has 0 amide bonds. The van der Waals surface area contributed by atoms with Crippen molar-refractivity contribution in [2.24, 2.45) is 0 Å². The molecule has 0 bridgehead atoms. The summed E-state index contributed by atoms with van der Waals surface area (Å²) >= 11 is 0. The average Bonchev–Trinajstić information content (AvgIpc) is 2.85. The summed E-state index contributed by atoms with van der Waals surface area (Å²) in [7, 11) is 0. The molecule has 0 spiro atoms. The summed E-state index contributed by atoms with van der Waals surface area (Å²) < 4.78 is 0. The molecule has 0 atom stereocenters. The number of hydrogen-bond donors (Lipinski definition) is 3. The van der Waals surface area contributed by atoms with Crippen molar-refractivity contribution >= 4 is 0 Å². The largest absolute Gasteiger partial charge is 0.383 e. The zero-order chi connectivity index (χ0) is 10.3. The molecule has 1 aliphatic heterocycles. The summed E-state index contributed by atoms with van der Waals surface area (Å²) in [5.74, 6) is 0.592. The first kappa shape index (κ1) is 9.36. The summed E-state index contributed by atoms with van der Waals surface area (Å²) in [6.07, 6.45) is 4.06. The number of aromatic amines is 1. The van der Waals surface area contributed by atoms with Crippen molar-refractivity contribution in [3.8, 4) is 0 Å². The van der Waals surface area contributed by atoms with Crippen LogP contribution in [-0.4, -0.2) is 28.4 Å². The van der Waals surface area contributed by atoms with Crippen molar-refractivity contribution in [3.63, 3.8) is 0 Å². The van der Waals surface area contributed by atoms with E-state index in [-0.39, 0.29) is 0 Å². The summed E-state index contributed by atoms with van der Waals surface area (Å²) in [6, 6.07) is 2.06. The highest BCUT2D eigenvalue weighted by atomic mass is 16.3. The van der Waals surface area contributed by atoms with Crippen molar-refractivity contribution in [2.75, 3.05) is 13.1 Å². The van der Waals surface area contributed by atoms with E-state index >= 15 is 0 Å². The summed E-state index contributed by atoms with van der Waals surface area (Å²) in [4.78, 5) is 0. The van der Waals surface area contributed by atoms with Gasteiger partial charge in [0.2, 0.25) is 0 Å². The Balaban J connectivity index is 1.77. The Labute approximate surface area is 89.1 Å². The van der Waals surface area contributed by atoms with E-state index in [0.29, 0.717) is 5.92 Å². The molecule has 2 heterocycles. The molecule has 1 saturated heterocycles. The number of nitrogens with one attached hydrogen (secondary N) is 2. The molecular weight excluding hydrogens is 190 g/mol. The maximum atomic E-state index is 9.92. The van der Waals surface area contributed by atoms with Gasteiger partial charge in [0.1, 0.15) is 5.60 Å². The summed E-state index contributed by atoms with van der Waals surface area (Å²) in [5.41, 5.74) is 1.45. The molecule has 3 N–H and O–H groups in total. The van der Waals surface area contributed by atoms with Gasteiger partial charge in [-0.05, 0) is 44.8 Å². The van der Waals surface area contributed by atoms with Gasteiger partial charge in [0.25, 0.3) is 0 Å². The van der Waals surface area contributed by atoms with Gasteiger partial charge in [0.15, 0.2) is 0 Å². The quantitative estimate of drug-likeness (QED) is 0.674. The van der Waals surface area contributed by atoms with E-state index < -0.39 is 5.60 Å². The Hall–Kier alpha value is -0.870. The fourth-order valence-corrected chi connectivity index (χ4v) is 2.29. The van der Waals surface area contributed by atoms with Crippen LogP contribution in [0.3, 0.4) is 0 Å².